The molecule has 1 heterocycles. The number of hydrogen-bond donors (Lipinski definition) is 0. The van der Waals surface area contributed by atoms with E-state index in [0.717, 1.165) is 6.07 Å². The highest BCUT2D eigenvalue weighted by Gasteiger charge is 2.18. The Bertz CT molecular complexity index is 578. The molecule has 0 bridgehead atoms. The van der Waals surface area contributed by atoms with Gasteiger partial charge in [-0.05, 0) is 34.1 Å². The topological polar surface area (TPSA) is 34.9 Å². The number of rotatable bonds is 2. The quantitative estimate of drug-likeness (QED) is 0.797. The number of carbonyl (C=O) groups excluding carboxylic acids is 1. The van der Waals surface area contributed by atoms with Crippen LogP contribution in [0.1, 0.15) is 16.1 Å². The van der Waals surface area contributed by atoms with Gasteiger partial charge in [-0.15, -0.1) is 0 Å². The van der Waals surface area contributed by atoms with Crippen molar-refractivity contribution in [2.75, 3.05) is 0 Å². The fraction of sp³-hybridized carbons (Fsp3) is 0.0909. The number of hydrogen-bond acceptors (Lipinski definition) is 2. The van der Waals surface area contributed by atoms with E-state index in [9.17, 15) is 9.18 Å². The van der Waals surface area contributed by atoms with Crippen molar-refractivity contribution in [3.8, 4) is 0 Å². The smallest absolute Gasteiger partial charge is 0.212 e. The lowest BCUT2D eigenvalue weighted by molar-refractivity contribution is 0.102. The summed E-state index contributed by atoms with van der Waals surface area (Å²) in [6.45, 7) is 0. The van der Waals surface area contributed by atoms with Crippen LogP contribution in [-0.2, 0) is 7.05 Å². The van der Waals surface area contributed by atoms with E-state index in [1.165, 1.54) is 23.0 Å². The van der Waals surface area contributed by atoms with Crippen molar-refractivity contribution in [2.24, 2.45) is 7.05 Å². The first-order valence-electron chi connectivity index (χ1n) is 4.68. The second-order valence-corrected chi connectivity index (χ2v) is 4.68. The van der Waals surface area contributed by atoms with Gasteiger partial charge in [0.15, 0.2) is 0 Å². The molecule has 1 aromatic heterocycles. The van der Waals surface area contributed by atoms with Crippen LogP contribution < -0.4 is 0 Å². The zero-order valence-electron chi connectivity index (χ0n) is 8.75. The summed E-state index contributed by atoms with van der Waals surface area (Å²) >= 11 is 8.78. The molecule has 17 heavy (non-hydrogen) atoms. The van der Waals surface area contributed by atoms with Crippen LogP contribution in [0.3, 0.4) is 0 Å². The molecule has 0 saturated heterocycles. The third-order valence-electron chi connectivity index (χ3n) is 2.29. The summed E-state index contributed by atoms with van der Waals surface area (Å²) in [7, 11) is 1.64. The van der Waals surface area contributed by atoms with Crippen molar-refractivity contribution in [3.05, 3.63) is 51.0 Å². The lowest BCUT2D eigenvalue weighted by Crippen LogP contribution is -2.09. The van der Waals surface area contributed by atoms with Crippen molar-refractivity contribution >= 4 is 33.3 Å². The van der Waals surface area contributed by atoms with Gasteiger partial charge in [-0.1, -0.05) is 11.6 Å². The highest BCUT2D eigenvalue weighted by molar-refractivity contribution is 9.10. The number of ketones is 1. The molecule has 1 aromatic carbocycles. The zero-order valence-corrected chi connectivity index (χ0v) is 11.1. The summed E-state index contributed by atoms with van der Waals surface area (Å²) < 4.78 is 15.3. The van der Waals surface area contributed by atoms with Gasteiger partial charge in [0.05, 0.1) is 15.7 Å². The molecule has 0 unspecified atom stereocenters. The predicted octanol–water partition coefficient (Wildman–Crippen LogP) is 3.21. The average molecular weight is 318 g/mol. The van der Waals surface area contributed by atoms with Gasteiger partial charge >= 0.3 is 0 Å². The summed E-state index contributed by atoms with van der Waals surface area (Å²) in [4.78, 5) is 12.1. The average Bonchev–Trinajstić information content (AvgIpc) is 2.62. The largest absolute Gasteiger partial charge is 0.287 e. The lowest BCUT2D eigenvalue weighted by atomic mass is 10.1. The third kappa shape index (κ3) is 2.25. The highest BCUT2D eigenvalue weighted by atomic mass is 79.9. The monoisotopic (exact) mass is 316 g/mol. The van der Waals surface area contributed by atoms with Crippen LogP contribution in [-0.4, -0.2) is 15.6 Å². The fourth-order valence-electron chi connectivity index (χ4n) is 1.44. The number of benzene rings is 1. The molecule has 2 rings (SSSR count). The Hall–Kier alpha value is -1.20. The molecule has 0 spiro atoms. The third-order valence-corrected chi connectivity index (χ3v) is 3.18. The second kappa shape index (κ2) is 4.58. The second-order valence-electron chi connectivity index (χ2n) is 3.42. The maximum Gasteiger partial charge on any atom is 0.212 e. The Morgan fingerprint density at radius 1 is 1.53 bits per heavy atom. The highest BCUT2D eigenvalue weighted by Crippen LogP contribution is 2.21. The minimum absolute atomic E-state index is 0.00868. The summed E-state index contributed by atoms with van der Waals surface area (Å²) in [5.41, 5.74) is 0.600. The van der Waals surface area contributed by atoms with Crippen molar-refractivity contribution < 1.29 is 9.18 Å². The van der Waals surface area contributed by atoms with Crippen LogP contribution >= 0.6 is 27.5 Å². The van der Waals surface area contributed by atoms with E-state index in [1.54, 1.807) is 7.05 Å². The molecule has 0 fully saturated rings. The SMILES string of the molecule is Cn1ncc(Br)c1C(=O)c1ccc(Cl)c(F)c1. The van der Waals surface area contributed by atoms with E-state index in [4.69, 9.17) is 11.6 Å². The van der Waals surface area contributed by atoms with Crippen molar-refractivity contribution in [2.45, 2.75) is 0 Å². The Balaban J connectivity index is 2.48. The van der Waals surface area contributed by atoms with Crippen LogP contribution in [0.15, 0.2) is 28.9 Å². The molecule has 0 saturated carbocycles. The number of halogens is 3. The van der Waals surface area contributed by atoms with Gasteiger partial charge < -0.3 is 0 Å². The first kappa shape index (κ1) is 12.3. The number of nitrogens with zero attached hydrogens (tertiary/aromatic N) is 2. The molecule has 0 amide bonds. The van der Waals surface area contributed by atoms with Gasteiger partial charge in [0.25, 0.3) is 0 Å². The van der Waals surface area contributed by atoms with Gasteiger partial charge in [0.2, 0.25) is 5.78 Å². The molecule has 0 aliphatic carbocycles. The minimum Gasteiger partial charge on any atom is -0.287 e. The van der Waals surface area contributed by atoms with E-state index >= 15 is 0 Å². The fourth-order valence-corrected chi connectivity index (χ4v) is 2.09. The maximum absolute atomic E-state index is 13.3. The molecule has 0 N–H and O–H groups in total. The molecular weight excluding hydrogens is 310 g/mol. The first-order valence-corrected chi connectivity index (χ1v) is 5.85. The lowest BCUT2D eigenvalue weighted by Gasteiger charge is -2.03. The Morgan fingerprint density at radius 3 is 2.76 bits per heavy atom. The number of aryl methyl sites for hydroxylation is 1. The normalized spacial score (nSPS) is 10.6. The Morgan fingerprint density at radius 2 is 2.24 bits per heavy atom. The minimum atomic E-state index is -0.615. The molecule has 3 nitrogen and oxygen atoms in total. The molecule has 0 radical (unpaired) electrons. The van der Waals surface area contributed by atoms with Crippen LogP contribution in [0.25, 0.3) is 0 Å². The van der Waals surface area contributed by atoms with Gasteiger partial charge in [-0.2, -0.15) is 5.10 Å². The standard InChI is InChI=1S/C11H7BrClFN2O/c1-16-10(7(12)5-15-16)11(17)6-2-3-8(13)9(14)4-6/h2-5H,1H3. The van der Waals surface area contributed by atoms with Crippen molar-refractivity contribution in [3.63, 3.8) is 0 Å². The predicted molar refractivity (Wildman–Crippen MR) is 65.8 cm³/mol. The summed E-state index contributed by atoms with van der Waals surface area (Å²) in [6, 6.07) is 3.95. The van der Waals surface area contributed by atoms with Crippen LogP contribution in [0.2, 0.25) is 5.02 Å². The van der Waals surface area contributed by atoms with Crippen molar-refractivity contribution in [1.29, 1.82) is 0 Å². The molecule has 88 valence electrons. The summed E-state index contributed by atoms with van der Waals surface area (Å²) in [5, 5.41) is 3.92. The molecule has 0 aliphatic heterocycles. The molecular formula is C11H7BrClFN2O. The molecule has 0 atom stereocenters. The van der Waals surface area contributed by atoms with Crippen LogP contribution in [0.4, 0.5) is 4.39 Å². The molecule has 6 heteroatoms. The number of aromatic nitrogens is 2. The van der Waals surface area contributed by atoms with Crippen LogP contribution in [0, 0.1) is 5.82 Å². The zero-order chi connectivity index (χ0) is 12.6. The van der Waals surface area contributed by atoms with E-state index < -0.39 is 5.82 Å². The number of carbonyl (C=O) groups is 1. The Kier molecular flexibility index (Phi) is 3.31. The van der Waals surface area contributed by atoms with Gasteiger partial charge in [-0.25, -0.2) is 4.39 Å². The first-order chi connectivity index (χ1) is 8.00. The van der Waals surface area contributed by atoms with Gasteiger partial charge in [-0.3, -0.25) is 9.48 Å². The molecule has 0 aliphatic rings. The van der Waals surface area contributed by atoms with Crippen molar-refractivity contribution in [1.82, 2.24) is 9.78 Å². The maximum atomic E-state index is 13.3. The van der Waals surface area contributed by atoms with Crippen LogP contribution in [0.5, 0.6) is 0 Å². The summed E-state index contributed by atoms with van der Waals surface area (Å²) in [5.74, 6) is -0.928. The molecule has 2 aromatic rings. The van der Waals surface area contributed by atoms with E-state index in [2.05, 4.69) is 21.0 Å². The summed E-state index contributed by atoms with van der Waals surface area (Å²) in [6.07, 6.45) is 1.51. The van der Waals surface area contributed by atoms with E-state index in [-0.39, 0.29) is 16.4 Å². The van der Waals surface area contributed by atoms with E-state index in [1.807, 2.05) is 0 Å². The Labute approximate surface area is 110 Å². The van der Waals surface area contributed by atoms with Gasteiger partial charge in [0, 0.05) is 12.6 Å². The van der Waals surface area contributed by atoms with E-state index in [0.29, 0.717) is 10.2 Å². The van der Waals surface area contributed by atoms with Gasteiger partial charge in [0.1, 0.15) is 11.5 Å².